The Kier molecular flexibility index (Phi) is 5.25. The molecule has 0 atom stereocenters. The van der Waals surface area contributed by atoms with Crippen LogP contribution in [0.15, 0.2) is 30.3 Å². The molecular formula is C18H20N2O3S. The number of benzene rings is 1. The number of aromatic nitrogens is 1. The summed E-state index contributed by atoms with van der Waals surface area (Å²) in [6.45, 7) is 3.39. The summed E-state index contributed by atoms with van der Waals surface area (Å²) in [5.41, 5.74) is 0.949. The first kappa shape index (κ1) is 16.6. The van der Waals surface area contributed by atoms with Crippen LogP contribution >= 0.6 is 11.3 Å². The monoisotopic (exact) mass is 344 g/mol. The number of thiazole rings is 1. The fraction of sp³-hybridized carbons (Fsp3) is 0.389. The third-order valence-electron chi connectivity index (χ3n) is 4.11. The van der Waals surface area contributed by atoms with Crippen molar-refractivity contribution in [3.05, 3.63) is 35.3 Å². The molecule has 0 radical (unpaired) electrons. The highest BCUT2D eigenvalue weighted by atomic mass is 32.1. The summed E-state index contributed by atoms with van der Waals surface area (Å²) in [5, 5.41) is 0.825. The minimum Gasteiger partial charge on any atom is -0.466 e. The Morgan fingerprint density at radius 1 is 1.33 bits per heavy atom. The van der Waals surface area contributed by atoms with Gasteiger partial charge in [-0.15, -0.1) is 11.3 Å². The molecule has 0 N–H and O–H groups in total. The van der Waals surface area contributed by atoms with E-state index >= 15 is 0 Å². The molecule has 0 saturated carbocycles. The van der Waals surface area contributed by atoms with Crippen LogP contribution in [-0.2, 0) is 14.3 Å². The van der Waals surface area contributed by atoms with E-state index in [4.69, 9.17) is 4.74 Å². The van der Waals surface area contributed by atoms with Crippen molar-refractivity contribution in [2.24, 2.45) is 5.92 Å². The number of piperidine rings is 1. The van der Waals surface area contributed by atoms with Crippen molar-refractivity contribution in [3.63, 3.8) is 0 Å². The molecule has 1 amide bonds. The standard InChI is InChI=1S/C18H20N2O3S/c1-2-23-18(22)13-9-11-20(12-10-13)17(21)8-7-16-19-14-5-3-4-6-15(14)24-16/h3-8,13H,2,9-12H2,1H3/b8-7+. The summed E-state index contributed by atoms with van der Waals surface area (Å²) in [7, 11) is 0. The average Bonchev–Trinajstić information content (AvgIpc) is 3.03. The van der Waals surface area contributed by atoms with E-state index in [-0.39, 0.29) is 17.8 Å². The number of carbonyl (C=O) groups excluding carboxylic acids is 2. The summed E-state index contributed by atoms with van der Waals surface area (Å²) >= 11 is 1.57. The topological polar surface area (TPSA) is 59.5 Å². The van der Waals surface area contributed by atoms with Crippen LogP contribution in [-0.4, -0.2) is 41.5 Å². The quantitative estimate of drug-likeness (QED) is 0.632. The van der Waals surface area contributed by atoms with E-state index in [2.05, 4.69) is 4.98 Å². The molecule has 0 aliphatic carbocycles. The van der Waals surface area contributed by atoms with Crippen LogP contribution in [0, 0.1) is 5.92 Å². The molecule has 2 heterocycles. The maximum Gasteiger partial charge on any atom is 0.309 e. The second-order valence-corrected chi connectivity index (χ2v) is 6.77. The van der Waals surface area contributed by atoms with E-state index in [1.807, 2.05) is 31.2 Å². The van der Waals surface area contributed by atoms with Crippen LogP contribution in [0.2, 0.25) is 0 Å². The molecule has 0 spiro atoms. The molecule has 1 aliphatic rings. The van der Waals surface area contributed by atoms with Gasteiger partial charge in [0.15, 0.2) is 0 Å². The number of esters is 1. The second kappa shape index (κ2) is 7.57. The number of likely N-dealkylation sites (tertiary alicyclic amines) is 1. The SMILES string of the molecule is CCOC(=O)C1CCN(C(=O)/C=C/c2nc3ccccc3s2)CC1. The summed E-state index contributed by atoms with van der Waals surface area (Å²) in [6.07, 6.45) is 4.67. The maximum atomic E-state index is 12.3. The molecule has 1 aromatic carbocycles. The van der Waals surface area contributed by atoms with E-state index in [0.29, 0.717) is 32.5 Å². The van der Waals surface area contributed by atoms with Crippen molar-refractivity contribution in [1.82, 2.24) is 9.88 Å². The number of hydrogen-bond acceptors (Lipinski definition) is 5. The molecular weight excluding hydrogens is 324 g/mol. The third-order valence-corrected chi connectivity index (χ3v) is 5.11. The van der Waals surface area contributed by atoms with Crippen LogP contribution in [0.3, 0.4) is 0 Å². The first-order valence-electron chi connectivity index (χ1n) is 8.16. The van der Waals surface area contributed by atoms with Gasteiger partial charge in [0.05, 0.1) is 22.7 Å². The zero-order chi connectivity index (χ0) is 16.9. The lowest BCUT2D eigenvalue weighted by Crippen LogP contribution is -2.39. The van der Waals surface area contributed by atoms with Gasteiger partial charge in [0, 0.05) is 19.2 Å². The zero-order valence-corrected chi connectivity index (χ0v) is 14.4. The van der Waals surface area contributed by atoms with Crippen LogP contribution in [0.1, 0.15) is 24.8 Å². The fourth-order valence-electron chi connectivity index (χ4n) is 2.80. The fourth-order valence-corrected chi connectivity index (χ4v) is 3.68. The zero-order valence-electron chi connectivity index (χ0n) is 13.6. The lowest BCUT2D eigenvalue weighted by Gasteiger charge is -2.30. The molecule has 1 aromatic heterocycles. The normalized spacial score (nSPS) is 16.0. The van der Waals surface area contributed by atoms with Gasteiger partial charge in [-0.3, -0.25) is 9.59 Å². The summed E-state index contributed by atoms with van der Waals surface area (Å²) in [4.78, 5) is 30.3. The number of ether oxygens (including phenoxy) is 1. The molecule has 6 heteroatoms. The van der Waals surface area contributed by atoms with Gasteiger partial charge >= 0.3 is 5.97 Å². The lowest BCUT2D eigenvalue weighted by atomic mass is 9.97. The van der Waals surface area contributed by atoms with Gasteiger partial charge in [-0.25, -0.2) is 4.98 Å². The molecule has 1 saturated heterocycles. The van der Waals surface area contributed by atoms with Crippen LogP contribution < -0.4 is 0 Å². The van der Waals surface area contributed by atoms with Crippen molar-refractivity contribution in [2.45, 2.75) is 19.8 Å². The Labute approximate surface area is 144 Å². The third kappa shape index (κ3) is 3.82. The molecule has 126 valence electrons. The summed E-state index contributed by atoms with van der Waals surface area (Å²) in [6, 6.07) is 7.92. The number of amides is 1. The van der Waals surface area contributed by atoms with E-state index in [9.17, 15) is 9.59 Å². The summed E-state index contributed by atoms with van der Waals surface area (Å²) in [5.74, 6) is -0.256. The van der Waals surface area contributed by atoms with Gasteiger partial charge in [0.25, 0.3) is 0 Å². The summed E-state index contributed by atoms with van der Waals surface area (Å²) < 4.78 is 6.16. The van der Waals surface area contributed by atoms with Gasteiger partial charge in [0.1, 0.15) is 5.01 Å². The van der Waals surface area contributed by atoms with Gasteiger partial charge in [-0.2, -0.15) is 0 Å². The largest absolute Gasteiger partial charge is 0.466 e. The van der Waals surface area contributed by atoms with Gasteiger partial charge < -0.3 is 9.64 Å². The predicted molar refractivity (Wildman–Crippen MR) is 94.6 cm³/mol. The number of hydrogen-bond donors (Lipinski definition) is 0. The van der Waals surface area contributed by atoms with Crippen LogP contribution in [0.25, 0.3) is 16.3 Å². The maximum absolute atomic E-state index is 12.3. The molecule has 3 rings (SSSR count). The Bertz CT molecular complexity index is 727. The van der Waals surface area contributed by atoms with Crippen molar-refractivity contribution in [3.8, 4) is 0 Å². The van der Waals surface area contributed by atoms with Crippen LogP contribution in [0.4, 0.5) is 0 Å². The van der Waals surface area contributed by atoms with Crippen molar-refractivity contribution in [1.29, 1.82) is 0 Å². The number of fused-ring (bicyclic) bond motifs is 1. The van der Waals surface area contributed by atoms with E-state index < -0.39 is 0 Å². The lowest BCUT2D eigenvalue weighted by molar-refractivity contribution is -0.150. The molecule has 24 heavy (non-hydrogen) atoms. The Balaban J connectivity index is 1.56. The van der Waals surface area contributed by atoms with Gasteiger partial charge in [-0.1, -0.05) is 12.1 Å². The first-order valence-corrected chi connectivity index (χ1v) is 8.98. The highest BCUT2D eigenvalue weighted by molar-refractivity contribution is 7.19. The first-order chi connectivity index (χ1) is 11.7. The number of para-hydroxylation sites is 1. The van der Waals surface area contributed by atoms with Crippen molar-refractivity contribution >= 4 is 39.5 Å². The molecule has 2 aromatic rings. The molecule has 0 bridgehead atoms. The predicted octanol–water partition coefficient (Wildman–Crippen LogP) is 3.11. The average molecular weight is 344 g/mol. The van der Waals surface area contributed by atoms with Crippen molar-refractivity contribution < 1.29 is 14.3 Å². The minimum atomic E-state index is -0.144. The minimum absolute atomic E-state index is 0.0310. The van der Waals surface area contributed by atoms with Crippen molar-refractivity contribution in [2.75, 3.05) is 19.7 Å². The van der Waals surface area contributed by atoms with E-state index in [1.165, 1.54) is 0 Å². The smallest absolute Gasteiger partial charge is 0.309 e. The molecule has 0 unspecified atom stereocenters. The Hall–Kier alpha value is -2.21. The Morgan fingerprint density at radius 3 is 2.79 bits per heavy atom. The number of carbonyl (C=O) groups is 2. The van der Waals surface area contributed by atoms with Gasteiger partial charge in [0.2, 0.25) is 5.91 Å². The van der Waals surface area contributed by atoms with E-state index in [1.54, 1.807) is 28.4 Å². The van der Waals surface area contributed by atoms with E-state index in [0.717, 1.165) is 15.2 Å². The number of rotatable bonds is 4. The Morgan fingerprint density at radius 2 is 2.08 bits per heavy atom. The highest BCUT2D eigenvalue weighted by Gasteiger charge is 2.27. The highest BCUT2D eigenvalue weighted by Crippen LogP contribution is 2.23. The van der Waals surface area contributed by atoms with Crippen LogP contribution in [0.5, 0.6) is 0 Å². The number of nitrogens with zero attached hydrogens (tertiary/aromatic N) is 2. The van der Waals surface area contributed by atoms with Gasteiger partial charge in [-0.05, 0) is 38.0 Å². The molecule has 5 nitrogen and oxygen atoms in total. The second-order valence-electron chi connectivity index (χ2n) is 5.70. The molecule has 1 fully saturated rings. The molecule has 1 aliphatic heterocycles.